The minimum absolute atomic E-state index is 0.169. The topological polar surface area (TPSA) is 52.6 Å². The summed E-state index contributed by atoms with van der Waals surface area (Å²) >= 11 is 0. The lowest BCUT2D eigenvalue weighted by atomic mass is 10.2. The molecule has 0 atom stereocenters. The van der Waals surface area contributed by atoms with Crippen molar-refractivity contribution in [3.8, 4) is 0 Å². The first kappa shape index (κ1) is 14.8. The third-order valence-corrected chi connectivity index (χ3v) is 3.97. The first-order valence-corrected chi connectivity index (χ1v) is 7.33. The molecule has 0 saturated heterocycles. The van der Waals surface area contributed by atoms with Gasteiger partial charge in [0.2, 0.25) is 0 Å². The minimum atomic E-state index is -3.67. The molecule has 1 aromatic rings. The summed E-state index contributed by atoms with van der Waals surface area (Å²) in [7, 11) is -3.67. The number of rotatable bonds is 7. The number of hydrogen-bond acceptors (Lipinski definition) is 4. The summed E-state index contributed by atoms with van der Waals surface area (Å²) in [6, 6.07) is 9.28. The molecule has 0 fully saturated rings. The highest BCUT2D eigenvalue weighted by Gasteiger charge is 2.31. The first-order chi connectivity index (χ1) is 8.62. The molecule has 0 spiro atoms. The van der Waals surface area contributed by atoms with Crippen LogP contribution >= 0.6 is 7.60 Å². The monoisotopic (exact) mass is 268 g/mol. The Bertz CT molecular complexity index is 443. The molecular weight excluding hydrogens is 251 g/mol. The van der Waals surface area contributed by atoms with Crippen LogP contribution in [0.4, 0.5) is 0 Å². The summed E-state index contributed by atoms with van der Waals surface area (Å²) < 4.78 is 22.0. The molecule has 5 heteroatoms. The van der Waals surface area contributed by atoms with Gasteiger partial charge >= 0.3 is 7.60 Å². The lowest BCUT2D eigenvalue weighted by molar-refractivity contribution is -0.109. The van der Waals surface area contributed by atoms with Gasteiger partial charge in [-0.05, 0) is 25.5 Å². The predicted molar refractivity (Wildman–Crippen MR) is 71.3 cm³/mol. The van der Waals surface area contributed by atoms with Crippen molar-refractivity contribution in [1.29, 1.82) is 0 Å². The van der Waals surface area contributed by atoms with Crippen molar-refractivity contribution in [2.24, 2.45) is 0 Å². The maximum atomic E-state index is 12.1. The number of hydrogen-bond donors (Lipinski definition) is 0. The van der Waals surface area contributed by atoms with Crippen LogP contribution in [0.5, 0.6) is 0 Å². The summed E-state index contributed by atoms with van der Waals surface area (Å²) in [4.78, 5) is 11.8. The highest BCUT2D eigenvalue weighted by atomic mass is 31.2. The Labute approximate surface area is 107 Å². The van der Waals surface area contributed by atoms with Gasteiger partial charge in [0, 0.05) is 0 Å². The van der Waals surface area contributed by atoms with Gasteiger partial charge in [-0.15, -0.1) is 0 Å². The molecule has 0 amide bonds. The van der Waals surface area contributed by atoms with Crippen LogP contribution in [-0.2, 0) is 18.4 Å². The summed E-state index contributed by atoms with van der Waals surface area (Å²) in [6.45, 7) is 3.67. The average Bonchev–Trinajstić information content (AvgIpc) is 2.37. The molecule has 0 aliphatic rings. The van der Waals surface area contributed by atoms with E-state index in [1.807, 2.05) is 30.3 Å². The molecule has 0 aliphatic carbocycles. The summed E-state index contributed by atoms with van der Waals surface area (Å²) in [6.07, 6.45) is 2.83. The SMILES string of the molecule is CCOP(=O)(OCC)C(=O)C=Cc1ccccc1. The zero-order valence-electron chi connectivity index (χ0n) is 10.5. The van der Waals surface area contributed by atoms with Crippen molar-refractivity contribution in [2.75, 3.05) is 13.2 Å². The number of benzene rings is 1. The second-order valence-electron chi connectivity index (χ2n) is 3.42. The van der Waals surface area contributed by atoms with Crippen molar-refractivity contribution >= 4 is 19.2 Å². The summed E-state index contributed by atoms with van der Waals surface area (Å²) in [5.41, 5.74) is 0.223. The van der Waals surface area contributed by atoms with Crippen LogP contribution in [0.25, 0.3) is 6.08 Å². The van der Waals surface area contributed by atoms with E-state index in [-0.39, 0.29) is 13.2 Å². The fourth-order valence-corrected chi connectivity index (χ4v) is 2.59. The van der Waals surface area contributed by atoms with Crippen LogP contribution in [0.3, 0.4) is 0 Å². The maximum Gasteiger partial charge on any atom is 0.400 e. The Balaban J connectivity index is 2.79. The van der Waals surface area contributed by atoms with Gasteiger partial charge < -0.3 is 9.05 Å². The standard InChI is InChI=1S/C13H17O4P/c1-3-16-18(15,17-4-2)13(14)11-10-12-8-6-5-7-9-12/h5-11H,3-4H2,1-2H3. The first-order valence-electron chi connectivity index (χ1n) is 5.79. The minimum Gasteiger partial charge on any atom is -0.303 e. The molecule has 18 heavy (non-hydrogen) atoms. The molecule has 0 radical (unpaired) electrons. The molecule has 0 aliphatic heterocycles. The second kappa shape index (κ2) is 7.27. The van der Waals surface area contributed by atoms with Gasteiger partial charge in [0.15, 0.2) is 0 Å². The smallest absolute Gasteiger partial charge is 0.303 e. The highest BCUT2D eigenvalue weighted by molar-refractivity contribution is 7.72. The average molecular weight is 268 g/mol. The van der Waals surface area contributed by atoms with Crippen LogP contribution < -0.4 is 0 Å². The normalized spacial score (nSPS) is 11.9. The molecule has 0 N–H and O–H groups in total. The van der Waals surface area contributed by atoms with E-state index in [0.717, 1.165) is 5.56 Å². The lowest BCUT2D eigenvalue weighted by Gasteiger charge is -2.13. The van der Waals surface area contributed by atoms with E-state index in [1.54, 1.807) is 19.9 Å². The third kappa shape index (κ3) is 4.22. The molecule has 0 unspecified atom stereocenters. The third-order valence-electron chi connectivity index (χ3n) is 2.09. The lowest BCUT2D eigenvalue weighted by Crippen LogP contribution is -2.04. The van der Waals surface area contributed by atoms with Gasteiger partial charge in [-0.3, -0.25) is 9.36 Å². The quantitative estimate of drug-likeness (QED) is 0.561. The fourth-order valence-electron chi connectivity index (χ4n) is 1.33. The second-order valence-corrected chi connectivity index (χ2v) is 5.37. The van der Waals surface area contributed by atoms with E-state index in [2.05, 4.69) is 0 Å². The molecule has 4 nitrogen and oxygen atoms in total. The van der Waals surface area contributed by atoms with Crippen molar-refractivity contribution in [2.45, 2.75) is 13.8 Å². The Kier molecular flexibility index (Phi) is 5.99. The van der Waals surface area contributed by atoms with Gasteiger partial charge in [-0.2, -0.15) is 0 Å². The van der Waals surface area contributed by atoms with Crippen molar-refractivity contribution in [3.05, 3.63) is 42.0 Å². The zero-order valence-corrected chi connectivity index (χ0v) is 11.4. The van der Waals surface area contributed by atoms with Crippen LogP contribution in [0.1, 0.15) is 19.4 Å². The van der Waals surface area contributed by atoms with Crippen LogP contribution in [0.15, 0.2) is 36.4 Å². The molecule has 0 bridgehead atoms. The molecule has 0 heterocycles. The Morgan fingerprint density at radius 1 is 1.17 bits per heavy atom. The Morgan fingerprint density at radius 2 is 1.72 bits per heavy atom. The largest absolute Gasteiger partial charge is 0.400 e. The van der Waals surface area contributed by atoms with Gasteiger partial charge in [0.05, 0.1) is 13.2 Å². The van der Waals surface area contributed by atoms with E-state index < -0.39 is 13.1 Å². The van der Waals surface area contributed by atoms with Gasteiger partial charge in [0.1, 0.15) is 0 Å². The van der Waals surface area contributed by atoms with E-state index >= 15 is 0 Å². The molecule has 1 rings (SSSR count). The van der Waals surface area contributed by atoms with E-state index in [0.29, 0.717) is 0 Å². The van der Waals surface area contributed by atoms with E-state index in [9.17, 15) is 9.36 Å². The molecular formula is C13H17O4P. The van der Waals surface area contributed by atoms with Gasteiger partial charge in [-0.1, -0.05) is 36.4 Å². The Hall–Kier alpha value is -1.22. The zero-order chi connectivity index (χ0) is 13.4. The maximum absolute atomic E-state index is 12.1. The summed E-state index contributed by atoms with van der Waals surface area (Å²) in [5.74, 6) is 0. The summed E-state index contributed by atoms with van der Waals surface area (Å²) in [5, 5.41) is 0. The van der Waals surface area contributed by atoms with Crippen molar-refractivity contribution in [3.63, 3.8) is 0 Å². The Morgan fingerprint density at radius 3 is 2.22 bits per heavy atom. The molecule has 0 aromatic heterocycles. The number of carbonyl (C=O) groups excluding carboxylic acids is 1. The van der Waals surface area contributed by atoms with Gasteiger partial charge in [0.25, 0.3) is 5.52 Å². The molecule has 0 saturated carbocycles. The highest BCUT2D eigenvalue weighted by Crippen LogP contribution is 2.49. The van der Waals surface area contributed by atoms with Crippen LogP contribution in [0.2, 0.25) is 0 Å². The predicted octanol–water partition coefficient (Wildman–Crippen LogP) is 3.49. The fraction of sp³-hybridized carbons (Fsp3) is 0.308. The molecule has 1 aromatic carbocycles. The van der Waals surface area contributed by atoms with Gasteiger partial charge in [-0.25, -0.2) is 0 Å². The molecule has 98 valence electrons. The van der Waals surface area contributed by atoms with Crippen LogP contribution in [0, 0.1) is 0 Å². The van der Waals surface area contributed by atoms with E-state index in [1.165, 1.54) is 6.08 Å². The van der Waals surface area contributed by atoms with Crippen molar-refractivity contribution in [1.82, 2.24) is 0 Å². The van der Waals surface area contributed by atoms with Crippen LogP contribution in [-0.4, -0.2) is 18.7 Å². The number of carbonyl (C=O) groups is 1. The van der Waals surface area contributed by atoms with E-state index in [4.69, 9.17) is 9.05 Å². The number of allylic oxidation sites excluding steroid dienone is 1. The van der Waals surface area contributed by atoms with Crippen molar-refractivity contribution < 1.29 is 18.4 Å².